The number of nitrogens with one attached hydrogen (secondary N) is 1. The van der Waals surface area contributed by atoms with Gasteiger partial charge in [0, 0.05) is 28.8 Å². The molecule has 0 saturated heterocycles. The van der Waals surface area contributed by atoms with Crippen LogP contribution in [0.5, 0.6) is 0 Å². The smallest absolute Gasteiger partial charge is 0.264 e. The van der Waals surface area contributed by atoms with Crippen LogP contribution in [0.3, 0.4) is 0 Å². The Labute approximate surface area is 255 Å². The van der Waals surface area contributed by atoms with Crippen molar-refractivity contribution in [2.24, 2.45) is 0 Å². The lowest BCUT2D eigenvalue weighted by molar-refractivity contribution is -0.116. The Kier molecular flexibility index (Phi) is 8.91. The van der Waals surface area contributed by atoms with E-state index in [0.29, 0.717) is 34.3 Å². The normalized spacial score (nSPS) is 13.3. The molecule has 0 aromatic heterocycles. The number of fused-ring (bicyclic) bond motifs is 1. The van der Waals surface area contributed by atoms with Crippen molar-refractivity contribution in [2.45, 2.75) is 22.6 Å². The van der Waals surface area contributed by atoms with E-state index >= 15 is 0 Å². The maximum Gasteiger partial charge on any atom is 0.264 e. The third kappa shape index (κ3) is 6.63. The van der Waals surface area contributed by atoms with E-state index in [-0.39, 0.29) is 22.9 Å². The third-order valence-corrected chi connectivity index (χ3v) is 11.1. The van der Waals surface area contributed by atoms with Crippen LogP contribution >= 0.6 is 23.2 Å². The van der Waals surface area contributed by atoms with Crippen LogP contribution in [0.15, 0.2) is 107 Å². The average molecular weight is 645 g/mol. The molecule has 0 aliphatic carbocycles. The van der Waals surface area contributed by atoms with Crippen LogP contribution in [0.25, 0.3) is 0 Å². The predicted octanol–water partition coefficient (Wildman–Crippen LogP) is 5.62. The molecule has 1 N–H and O–H groups in total. The number of hydrogen-bond donors (Lipinski definition) is 1. The Morgan fingerprint density at radius 3 is 2.07 bits per heavy atom. The van der Waals surface area contributed by atoms with Gasteiger partial charge in [-0.2, -0.15) is 4.31 Å². The molecule has 0 radical (unpaired) electrons. The number of anilines is 2. The highest BCUT2D eigenvalue weighted by atomic mass is 35.5. The van der Waals surface area contributed by atoms with E-state index in [1.807, 2.05) is 30.3 Å². The molecule has 1 aliphatic rings. The molecule has 1 amide bonds. The maximum atomic E-state index is 13.5. The highest BCUT2D eigenvalue weighted by Gasteiger charge is 2.32. The summed E-state index contributed by atoms with van der Waals surface area (Å²) in [5.74, 6) is -0.564. The number of benzene rings is 4. The van der Waals surface area contributed by atoms with Gasteiger partial charge < -0.3 is 5.32 Å². The van der Waals surface area contributed by atoms with E-state index in [4.69, 9.17) is 23.2 Å². The number of sulfonamides is 2. The fourth-order valence-corrected chi connectivity index (χ4v) is 7.85. The molecule has 8 nitrogen and oxygen atoms in total. The first-order valence-corrected chi connectivity index (χ1v) is 16.7. The summed E-state index contributed by atoms with van der Waals surface area (Å²) in [5, 5.41) is 3.57. The van der Waals surface area contributed by atoms with Gasteiger partial charge in [-0.15, -0.1) is 0 Å². The van der Waals surface area contributed by atoms with Crippen molar-refractivity contribution in [3.8, 4) is 0 Å². The second-order valence-electron chi connectivity index (χ2n) is 9.70. The number of carbonyl (C=O) groups excluding carboxylic acids is 1. The first-order chi connectivity index (χ1) is 20.0. The van der Waals surface area contributed by atoms with Crippen LogP contribution in [0.1, 0.15) is 11.1 Å². The summed E-state index contributed by atoms with van der Waals surface area (Å²) in [5.41, 5.74) is 2.55. The first kappa shape index (κ1) is 30.1. The Hall–Kier alpha value is -3.41. The van der Waals surface area contributed by atoms with Crippen LogP contribution in [-0.2, 0) is 37.7 Å². The van der Waals surface area contributed by atoms with Gasteiger partial charge in [0.2, 0.25) is 15.9 Å². The number of nitrogens with zero attached hydrogens (tertiary/aromatic N) is 2. The molecule has 4 aromatic rings. The standard InChI is InChI=1S/C30H27Cl2N3O5S2/c31-24-7-12-27(13-8-24)41(37,38)34(18-16-22-4-2-1-3-5-22)21-30(36)33-26-11-6-23-17-19-35(29(23)20-26)42(39,40)28-14-9-25(32)10-15-28/h1-15,20H,16-19,21H2,(H,33,36). The SMILES string of the molecule is O=C(CN(CCc1ccccc1)S(=O)(=O)c1ccc(Cl)cc1)Nc1ccc2c(c1)N(S(=O)(=O)c1ccc(Cl)cc1)CC2. The number of hydrogen-bond acceptors (Lipinski definition) is 5. The fraction of sp³-hybridized carbons (Fsp3) is 0.167. The Balaban J connectivity index is 1.36. The minimum Gasteiger partial charge on any atom is -0.325 e. The van der Waals surface area contributed by atoms with Gasteiger partial charge in [0.25, 0.3) is 10.0 Å². The van der Waals surface area contributed by atoms with Crippen molar-refractivity contribution >= 4 is 60.5 Å². The molecular formula is C30H27Cl2N3O5S2. The average Bonchev–Trinajstić information content (AvgIpc) is 3.40. The largest absolute Gasteiger partial charge is 0.325 e. The van der Waals surface area contributed by atoms with E-state index in [1.165, 1.54) is 52.8 Å². The van der Waals surface area contributed by atoms with Gasteiger partial charge in [-0.3, -0.25) is 9.10 Å². The lowest BCUT2D eigenvalue weighted by Gasteiger charge is -2.23. The molecule has 1 heterocycles. The first-order valence-electron chi connectivity index (χ1n) is 13.0. The van der Waals surface area contributed by atoms with Gasteiger partial charge in [0.1, 0.15) is 0 Å². The van der Waals surface area contributed by atoms with Crippen LogP contribution in [0.2, 0.25) is 10.0 Å². The fourth-order valence-electron chi connectivity index (χ4n) is 4.71. The van der Waals surface area contributed by atoms with Crippen molar-refractivity contribution in [1.29, 1.82) is 0 Å². The van der Waals surface area contributed by atoms with Crippen molar-refractivity contribution in [1.82, 2.24) is 4.31 Å². The maximum absolute atomic E-state index is 13.5. The summed E-state index contributed by atoms with van der Waals surface area (Å²) in [6, 6.07) is 26.1. The molecular weight excluding hydrogens is 617 g/mol. The number of halogens is 2. The zero-order valence-electron chi connectivity index (χ0n) is 22.3. The van der Waals surface area contributed by atoms with Crippen molar-refractivity contribution in [3.63, 3.8) is 0 Å². The summed E-state index contributed by atoms with van der Waals surface area (Å²) >= 11 is 11.9. The van der Waals surface area contributed by atoms with Crippen molar-refractivity contribution in [2.75, 3.05) is 29.3 Å². The minimum absolute atomic E-state index is 0.0216. The summed E-state index contributed by atoms with van der Waals surface area (Å²) in [7, 11) is -7.88. The quantitative estimate of drug-likeness (QED) is 0.242. The zero-order valence-corrected chi connectivity index (χ0v) is 25.4. The van der Waals surface area contributed by atoms with E-state index in [1.54, 1.807) is 18.2 Å². The molecule has 0 spiro atoms. The van der Waals surface area contributed by atoms with E-state index in [9.17, 15) is 21.6 Å². The molecule has 4 aromatic carbocycles. The van der Waals surface area contributed by atoms with Gasteiger partial charge in [-0.1, -0.05) is 59.6 Å². The summed E-state index contributed by atoms with van der Waals surface area (Å²) < 4.78 is 56.2. The molecule has 0 saturated carbocycles. The monoisotopic (exact) mass is 643 g/mol. The van der Waals surface area contributed by atoms with Crippen molar-refractivity contribution in [3.05, 3.63) is 118 Å². The van der Waals surface area contributed by atoms with Gasteiger partial charge in [-0.05, 0) is 84.6 Å². The lowest BCUT2D eigenvalue weighted by atomic mass is 10.1. The Morgan fingerprint density at radius 2 is 1.43 bits per heavy atom. The Morgan fingerprint density at radius 1 is 0.810 bits per heavy atom. The van der Waals surface area contributed by atoms with Gasteiger partial charge >= 0.3 is 0 Å². The third-order valence-electron chi connectivity index (χ3n) is 6.89. The van der Waals surface area contributed by atoms with Gasteiger partial charge in [-0.25, -0.2) is 16.8 Å². The number of rotatable bonds is 10. The van der Waals surface area contributed by atoms with Crippen LogP contribution < -0.4 is 9.62 Å². The molecule has 0 fully saturated rings. The Bertz CT molecular complexity index is 1800. The molecule has 12 heteroatoms. The van der Waals surface area contributed by atoms with Crippen LogP contribution in [-0.4, -0.2) is 46.7 Å². The molecule has 0 unspecified atom stereocenters. The van der Waals surface area contributed by atoms with E-state index in [2.05, 4.69) is 5.32 Å². The molecule has 218 valence electrons. The predicted molar refractivity (Wildman–Crippen MR) is 165 cm³/mol. The molecule has 1 aliphatic heterocycles. The van der Waals surface area contributed by atoms with E-state index in [0.717, 1.165) is 15.4 Å². The number of amides is 1. The highest BCUT2D eigenvalue weighted by molar-refractivity contribution is 7.92. The lowest BCUT2D eigenvalue weighted by Crippen LogP contribution is -2.39. The second kappa shape index (κ2) is 12.4. The molecule has 5 rings (SSSR count). The zero-order chi connectivity index (χ0) is 29.9. The van der Waals surface area contributed by atoms with Crippen LogP contribution in [0, 0.1) is 0 Å². The molecule has 0 bridgehead atoms. The topological polar surface area (TPSA) is 104 Å². The summed E-state index contributed by atoms with van der Waals surface area (Å²) in [6.45, 7) is -0.119. The van der Waals surface area contributed by atoms with Gasteiger partial charge in [0.15, 0.2) is 0 Å². The van der Waals surface area contributed by atoms with Crippen molar-refractivity contribution < 1.29 is 21.6 Å². The summed E-state index contributed by atoms with van der Waals surface area (Å²) in [6.07, 6.45) is 0.917. The second-order valence-corrected chi connectivity index (χ2v) is 14.4. The van der Waals surface area contributed by atoms with E-state index < -0.39 is 32.5 Å². The highest BCUT2D eigenvalue weighted by Crippen LogP contribution is 2.35. The minimum atomic E-state index is -4.03. The molecule has 0 atom stereocenters. The number of carbonyl (C=O) groups is 1. The summed E-state index contributed by atoms with van der Waals surface area (Å²) in [4.78, 5) is 13.3. The van der Waals surface area contributed by atoms with Crippen LogP contribution in [0.4, 0.5) is 11.4 Å². The molecule has 42 heavy (non-hydrogen) atoms. The van der Waals surface area contributed by atoms with Gasteiger partial charge in [0.05, 0.1) is 22.0 Å².